The lowest BCUT2D eigenvalue weighted by molar-refractivity contribution is 0.0697. The molecule has 0 unspecified atom stereocenters. The van der Waals surface area contributed by atoms with Gasteiger partial charge < -0.3 is 14.8 Å². The largest absolute Gasteiger partial charge is 0.478 e. The Bertz CT molecular complexity index is 1610. The molecule has 0 bridgehead atoms. The first-order chi connectivity index (χ1) is 18.1. The Hall–Kier alpha value is -4.49. The van der Waals surface area contributed by atoms with Gasteiger partial charge in [-0.2, -0.15) is 0 Å². The lowest BCUT2D eigenvalue weighted by Gasteiger charge is -2.15. The van der Waals surface area contributed by atoms with E-state index >= 15 is 0 Å². The van der Waals surface area contributed by atoms with E-state index in [9.17, 15) is 9.90 Å². The van der Waals surface area contributed by atoms with Crippen molar-refractivity contribution >= 4 is 51.9 Å². The fourth-order valence-corrected chi connectivity index (χ4v) is 4.93. The molecule has 0 aliphatic heterocycles. The number of carboxylic acid groups (broad SMARTS) is 1. The van der Waals surface area contributed by atoms with E-state index in [0.29, 0.717) is 18.1 Å². The van der Waals surface area contributed by atoms with E-state index in [4.69, 9.17) is 14.4 Å². The van der Waals surface area contributed by atoms with Crippen molar-refractivity contribution in [1.29, 1.82) is 0 Å². The third-order valence-corrected chi connectivity index (χ3v) is 7.00. The van der Waals surface area contributed by atoms with Crippen LogP contribution in [0.1, 0.15) is 39.0 Å². The maximum absolute atomic E-state index is 11.2. The first kappa shape index (κ1) is 24.2. The van der Waals surface area contributed by atoms with Crippen molar-refractivity contribution in [2.75, 3.05) is 5.32 Å². The van der Waals surface area contributed by atoms with Crippen molar-refractivity contribution in [3.8, 4) is 10.7 Å². The van der Waals surface area contributed by atoms with Crippen molar-refractivity contribution in [2.45, 2.75) is 19.8 Å². The zero-order valence-electron chi connectivity index (χ0n) is 20.3. The molecule has 0 saturated heterocycles. The minimum Gasteiger partial charge on any atom is -0.478 e. The van der Waals surface area contributed by atoms with Gasteiger partial charge in [0.1, 0.15) is 11.4 Å². The number of rotatable bonds is 9. The number of para-hydroxylation sites is 1. The van der Waals surface area contributed by atoms with Crippen LogP contribution in [0.3, 0.4) is 0 Å². The Balaban J connectivity index is 1.46. The molecule has 2 aromatic carbocycles. The number of thiophene rings is 1. The van der Waals surface area contributed by atoms with Gasteiger partial charge in [-0.1, -0.05) is 31.2 Å². The van der Waals surface area contributed by atoms with Crippen LogP contribution in [0.25, 0.3) is 33.8 Å². The molecular weight excluding hydrogens is 482 g/mol. The zero-order chi connectivity index (χ0) is 25.8. The van der Waals surface area contributed by atoms with Gasteiger partial charge in [0.25, 0.3) is 0 Å². The van der Waals surface area contributed by atoms with E-state index in [1.807, 2.05) is 36.4 Å². The maximum atomic E-state index is 11.2. The molecular formula is C30H25N3O3S. The number of furan rings is 1. The number of hydrogen-bond donors (Lipinski definition) is 2. The van der Waals surface area contributed by atoms with Crippen LogP contribution in [0.4, 0.5) is 11.5 Å². The van der Waals surface area contributed by atoms with Crippen LogP contribution in [0.2, 0.25) is 0 Å². The predicted octanol–water partition coefficient (Wildman–Crippen LogP) is 7.85. The molecule has 3 aromatic heterocycles. The maximum Gasteiger partial charge on any atom is 0.335 e. The number of nitrogens with zero attached hydrogens (tertiary/aromatic N) is 2. The highest BCUT2D eigenvalue weighted by Gasteiger charge is 2.16. The Labute approximate surface area is 218 Å². The molecule has 2 N–H and O–H groups in total. The lowest BCUT2D eigenvalue weighted by atomic mass is 10.1. The fraction of sp³-hybridized carbons (Fsp3) is 0.100. The molecule has 5 aromatic rings. The molecule has 3 heterocycles. The summed E-state index contributed by atoms with van der Waals surface area (Å²) in [6, 6.07) is 18.7. The summed E-state index contributed by atoms with van der Waals surface area (Å²) in [5.74, 6) is 0.382. The topological polar surface area (TPSA) is 88.3 Å². The first-order valence-electron chi connectivity index (χ1n) is 11.9. The summed E-state index contributed by atoms with van der Waals surface area (Å²) in [5, 5.41) is 13.6. The van der Waals surface area contributed by atoms with Crippen molar-refractivity contribution < 1.29 is 14.3 Å². The number of allylic oxidation sites excluding steroid dienone is 1. The molecule has 0 saturated carbocycles. The summed E-state index contributed by atoms with van der Waals surface area (Å²) < 4.78 is 5.64. The number of aryl methyl sites for hydroxylation is 1. The van der Waals surface area contributed by atoms with Crippen LogP contribution in [-0.2, 0) is 12.8 Å². The summed E-state index contributed by atoms with van der Waals surface area (Å²) in [5.41, 5.74) is 4.81. The molecule has 184 valence electrons. The van der Waals surface area contributed by atoms with Gasteiger partial charge in [-0.05, 0) is 67.5 Å². The normalized spacial score (nSPS) is 11.3. The van der Waals surface area contributed by atoms with Gasteiger partial charge in [0.15, 0.2) is 5.82 Å². The third kappa shape index (κ3) is 5.22. The molecule has 0 atom stereocenters. The highest BCUT2D eigenvalue weighted by molar-refractivity contribution is 7.16. The molecule has 5 rings (SSSR count). The highest BCUT2D eigenvalue weighted by atomic mass is 32.1. The molecule has 7 heteroatoms. The molecule has 0 aliphatic rings. The number of hydrogen-bond acceptors (Lipinski definition) is 6. The molecule has 6 nitrogen and oxygen atoms in total. The molecule has 0 fully saturated rings. The highest BCUT2D eigenvalue weighted by Crippen LogP contribution is 2.32. The van der Waals surface area contributed by atoms with E-state index in [2.05, 4.69) is 37.0 Å². The van der Waals surface area contributed by atoms with Gasteiger partial charge in [-0.25, -0.2) is 14.8 Å². The molecule has 0 amide bonds. The van der Waals surface area contributed by atoms with E-state index in [1.165, 1.54) is 0 Å². The van der Waals surface area contributed by atoms with Gasteiger partial charge in [0, 0.05) is 32.8 Å². The van der Waals surface area contributed by atoms with Crippen LogP contribution >= 0.6 is 11.3 Å². The van der Waals surface area contributed by atoms with Gasteiger partial charge in [-0.15, -0.1) is 17.9 Å². The average molecular weight is 508 g/mol. The number of aromatic carboxylic acids is 1. The minimum atomic E-state index is -0.958. The van der Waals surface area contributed by atoms with Crippen LogP contribution in [-0.4, -0.2) is 21.0 Å². The van der Waals surface area contributed by atoms with E-state index in [0.717, 1.165) is 49.7 Å². The predicted molar refractivity (Wildman–Crippen MR) is 150 cm³/mol. The number of anilines is 2. The second-order valence-corrected chi connectivity index (χ2v) is 9.51. The summed E-state index contributed by atoms with van der Waals surface area (Å²) in [4.78, 5) is 23.0. The van der Waals surface area contributed by atoms with Crippen LogP contribution in [0.15, 0.2) is 84.0 Å². The van der Waals surface area contributed by atoms with Gasteiger partial charge in [0.2, 0.25) is 0 Å². The number of carbonyl (C=O) groups is 1. The number of carboxylic acids is 1. The first-order valence-corrected chi connectivity index (χ1v) is 12.7. The SMILES string of the molecule is C=CCc1c(CC)nc(-c2ccc(C=Cc3coc4ccccc34)s2)nc1Nc1ccc(C(=O)O)cc1. The standard InChI is InChI=1S/C30H25N3O3S/c1-3-7-24-25(4-2)32-29(33-28(24)31-21-13-10-19(11-14-21)30(34)35)27-17-16-22(37-27)15-12-20-18-36-26-9-6-5-8-23(20)26/h3,5-6,8-18H,1,4,7H2,2H3,(H,34,35)(H,31,32,33). The second-order valence-electron chi connectivity index (χ2n) is 8.40. The number of benzene rings is 2. The molecule has 37 heavy (non-hydrogen) atoms. The van der Waals surface area contributed by atoms with E-state index in [-0.39, 0.29) is 5.56 Å². The molecule has 0 radical (unpaired) electrons. The quantitative estimate of drug-likeness (QED) is 0.198. The summed E-state index contributed by atoms with van der Waals surface area (Å²) in [6.07, 6.45) is 9.10. The van der Waals surface area contributed by atoms with E-state index < -0.39 is 5.97 Å². The summed E-state index contributed by atoms with van der Waals surface area (Å²) in [7, 11) is 0. The average Bonchev–Trinajstić information content (AvgIpc) is 3.56. The minimum absolute atomic E-state index is 0.233. The van der Waals surface area contributed by atoms with Crippen molar-refractivity contribution in [1.82, 2.24) is 9.97 Å². The van der Waals surface area contributed by atoms with Crippen molar-refractivity contribution in [3.05, 3.63) is 107 Å². The second kappa shape index (κ2) is 10.6. The zero-order valence-corrected chi connectivity index (χ0v) is 21.1. The van der Waals surface area contributed by atoms with Gasteiger partial charge in [0.05, 0.1) is 16.7 Å². The Morgan fingerprint density at radius 1 is 1.08 bits per heavy atom. The Kier molecular flexibility index (Phi) is 6.96. The van der Waals surface area contributed by atoms with Crippen LogP contribution < -0.4 is 5.32 Å². The number of aromatic nitrogens is 2. The summed E-state index contributed by atoms with van der Waals surface area (Å²) >= 11 is 1.62. The van der Waals surface area contributed by atoms with Crippen molar-refractivity contribution in [2.24, 2.45) is 0 Å². The van der Waals surface area contributed by atoms with Crippen LogP contribution in [0.5, 0.6) is 0 Å². The Morgan fingerprint density at radius 3 is 2.65 bits per heavy atom. The molecule has 0 spiro atoms. The number of fused-ring (bicyclic) bond motifs is 1. The monoisotopic (exact) mass is 507 g/mol. The van der Waals surface area contributed by atoms with E-state index in [1.54, 1.807) is 41.9 Å². The molecule has 0 aliphatic carbocycles. The lowest BCUT2D eigenvalue weighted by Crippen LogP contribution is -2.07. The van der Waals surface area contributed by atoms with Gasteiger partial charge in [-0.3, -0.25) is 0 Å². The van der Waals surface area contributed by atoms with Crippen LogP contribution in [0, 0.1) is 0 Å². The summed E-state index contributed by atoms with van der Waals surface area (Å²) in [6.45, 7) is 5.97. The number of nitrogens with one attached hydrogen (secondary N) is 1. The Morgan fingerprint density at radius 2 is 1.89 bits per heavy atom. The third-order valence-electron chi connectivity index (χ3n) is 5.96. The fourth-order valence-electron chi connectivity index (χ4n) is 4.09. The van der Waals surface area contributed by atoms with Gasteiger partial charge >= 0.3 is 5.97 Å². The smallest absolute Gasteiger partial charge is 0.335 e. The van der Waals surface area contributed by atoms with Crippen molar-refractivity contribution in [3.63, 3.8) is 0 Å².